The summed E-state index contributed by atoms with van der Waals surface area (Å²) in [5.74, 6) is 0. The van der Waals surface area contributed by atoms with Crippen molar-refractivity contribution < 1.29 is 0 Å². The fourth-order valence-electron chi connectivity index (χ4n) is 2.72. The fourth-order valence-corrected chi connectivity index (χ4v) is 3.04. The maximum Gasteiger partial charge on any atom is 0.00989 e. The van der Waals surface area contributed by atoms with E-state index in [1.165, 1.54) is 50.4 Å². The lowest BCUT2D eigenvalue weighted by molar-refractivity contribution is 0.162. The van der Waals surface area contributed by atoms with E-state index in [0.29, 0.717) is 0 Å². The third kappa shape index (κ3) is 3.23. The van der Waals surface area contributed by atoms with E-state index in [1.807, 2.05) is 0 Å². The van der Waals surface area contributed by atoms with E-state index in [1.54, 1.807) is 0 Å². The average Bonchev–Trinajstić information content (AvgIpc) is 2.65. The van der Waals surface area contributed by atoms with Crippen molar-refractivity contribution in [2.24, 2.45) is 0 Å². The number of rotatable bonds is 6. The summed E-state index contributed by atoms with van der Waals surface area (Å²) in [6, 6.07) is 1.73. The highest BCUT2D eigenvalue weighted by molar-refractivity contribution is 9.09. The van der Waals surface area contributed by atoms with Gasteiger partial charge in [0.15, 0.2) is 0 Å². The van der Waals surface area contributed by atoms with Crippen LogP contribution in [0.15, 0.2) is 0 Å². The van der Waals surface area contributed by atoms with Crippen molar-refractivity contribution in [1.29, 1.82) is 0 Å². The van der Waals surface area contributed by atoms with Gasteiger partial charge in [0.25, 0.3) is 0 Å². The summed E-state index contributed by atoms with van der Waals surface area (Å²) in [5, 5.41) is 1.17. The molecule has 0 aliphatic carbocycles. The molecule has 14 heavy (non-hydrogen) atoms. The van der Waals surface area contributed by atoms with E-state index in [-0.39, 0.29) is 0 Å². The molecule has 1 saturated heterocycles. The first-order valence-electron chi connectivity index (χ1n) is 6.15. The summed E-state index contributed by atoms with van der Waals surface area (Å²) in [7, 11) is 0. The van der Waals surface area contributed by atoms with Crippen LogP contribution in [0, 0.1) is 0 Å². The number of hydrogen-bond acceptors (Lipinski definition) is 1. The molecule has 1 fully saturated rings. The van der Waals surface area contributed by atoms with Crippen molar-refractivity contribution in [2.45, 2.75) is 64.5 Å². The highest BCUT2D eigenvalue weighted by Gasteiger charge is 2.27. The fraction of sp³-hybridized carbons (Fsp3) is 1.00. The maximum atomic E-state index is 3.53. The maximum absolute atomic E-state index is 3.53. The molecule has 0 saturated carbocycles. The molecule has 1 aliphatic heterocycles. The number of nitrogens with zero attached hydrogens (tertiary/aromatic N) is 1. The van der Waals surface area contributed by atoms with Gasteiger partial charge in [-0.15, -0.1) is 0 Å². The van der Waals surface area contributed by atoms with Gasteiger partial charge in [-0.3, -0.25) is 4.90 Å². The quantitative estimate of drug-likeness (QED) is 0.658. The molecular formula is C12H24BrN. The molecule has 1 atom stereocenters. The predicted octanol–water partition coefficient (Wildman–Crippen LogP) is 3.81. The molecule has 1 heterocycles. The van der Waals surface area contributed by atoms with Crippen molar-refractivity contribution in [3.63, 3.8) is 0 Å². The smallest absolute Gasteiger partial charge is 0.00989 e. The first-order valence-corrected chi connectivity index (χ1v) is 7.27. The molecule has 2 heteroatoms. The summed E-state index contributed by atoms with van der Waals surface area (Å²) in [6.45, 7) is 6.00. The van der Waals surface area contributed by atoms with Gasteiger partial charge < -0.3 is 0 Å². The molecule has 0 aromatic carbocycles. The molecule has 0 aromatic heterocycles. The van der Waals surface area contributed by atoms with Crippen LogP contribution < -0.4 is 0 Å². The Kier molecular flexibility index (Phi) is 6.11. The molecule has 0 amide bonds. The molecule has 1 aliphatic rings. The van der Waals surface area contributed by atoms with Gasteiger partial charge in [-0.1, -0.05) is 29.8 Å². The Balaban J connectivity index is 2.40. The van der Waals surface area contributed by atoms with Crippen molar-refractivity contribution in [2.75, 3.05) is 11.9 Å². The molecule has 1 unspecified atom stereocenters. The second-order valence-electron chi connectivity index (χ2n) is 4.34. The standard InChI is InChI=1S/C12H24BrN/c1-3-11(4-2)14-10-6-8-12(14)7-5-9-13/h11-12H,3-10H2,1-2H3. The Morgan fingerprint density at radius 2 is 2.07 bits per heavy atom. The van der Waals surface area contributed by atoms with Crippen LogP contribution in [-0.4, -0.2) is 28.9 Å². The summed E-state index contributed by atoms with van der Waals surface area (Å²) < 4.78 is 0. The zero-order valence-electron chi connectivity index (χ0n) is 9.64. The summed E-state index contributed by atoms with van der Waals surface area (Å²) in [6.07, 6.45) is 8.22. The van der Waals surface area contributed by atoms with Crippen molar-refractivity contribution in [1.82, 2.24) is 4.90 Å². The molecule has 0 aromatic rings. The van der Waals surface area contributed by atoms with Gasteiger partial charge in [0.2, 0.25) is 0 Å². The number of likely N-dealkylation sites (tertiary alicyclic amines) is 1. The summed E-state index contributed by atoms with van der Waals surface area (Å²) >= 11 is 3.53. The van der Waals surface area contributed by atoms with Crippen molar-refractivity contribution in [3.8, 4) is 0 Å². The Morgan fingerprint density at radius 3 is 2.64 bits per heavy atom. The predicted molar refractivity (Wildman–Crippen MR) is 67.1 cm³/mol. The monoisotopic (exact) mass is 261 g/mol. The van der Waals surface area contributed by atoms with Crippen molar-refractivity contribution >= 4 is 15.9 Å². The van der Waals surface area contributed by atoms with Crippen LogP contribution in [0.2, 0.25) is 0 Å². The van der Waals surface area contributed by atoms with Gasteiger partial charge in [0, 0.05) is 17.4 Å². The van der Waals surface area contributed by atoms with Gasteiger partial charge in [-0.25, -0.2) is 0 Å². The second-order valence-corrected chi connectivity index (χ2v) is 5.13. The number of hydrogen-bond donors (Lipinski definition) is 0. The van der Waals surface area contributed by atoms with Crippen LogP contribution in [0.25, 0.3) is 0 Å². The van der Waals surface area contributed by atoms with E-state index >= 15 is 0 Å². The van der Waals surface area contributed by atoms with Gasteiger partial charge in [-0.2, -0.15) is 0 Å². The molecule has 0 bridgehead atoms. The van der Waals surface area contributed by atoms with Crippen molar-refractivity contribution in [3.05, 3.63) is 0 Å². The van der Waals surface area contributed by atoms with Crippen LogP contribution in [0.5, 0.6) is 0 Å². The molecule has 1 nitrogen and oxygen atoms in total. The molecular weight excluding hydrogens is 238 g/mol. The number of alkyl halides is 1. The highest BCUT2D eigenvalue weighted by Crippen LogP contribution is 2.26. The lowest BCUT2D eigenvalue weighted by Gasteiger charge is -2.31. The SMILES string of the molecule is CCC(CC)N1CCCC1CCCBr. The summed E-state index contributed by atoms with van der Waals surface area (Å²) in [4.78, 5) is 2.77. The van der Waals surface area contributed by atoms with Crippen LogP contribution in [0.3, 0.4) is 0 Å². The molecule has 0 radical (unpaired) electrons. The van der Waals surface area contributed by atoms with Crippen LogP contribution >= 0.6 is 15.9 Å². The van der Waals surface area contributed by atoms with E-state index in [2.05, 4.69) is 34.7 Å². The normalized spacial score (nSPS) is 23.6. The van der Waals surface area contributed by atoms with Crippen LogP contribution in [0.1, 0.15) is 52.4 Å². The Bertz CT molecular complexity index is 145. The summed E-state index contributed by atoms with van der Waals surface area (Å²) in [5.41, 5.74) is 0. The molecule has 0 spiro atoms. The van der Waals surface area contributed by atoms with Gasteiger partial charge in [-0.05, 0) is 45.1 Å². The highest BCUT2D eigenvalue weighted by atomic mass is 79.9. The largest absolute Gasteiger partial charge is 0.297 e. The lowest BCUT2D eigenvalue weighted by atomic mass is 10.1. The Labute approximate surface area is 97.4 Å². The minimum absolute atomic E-state index is 0.845. The molecule has 1 rings (SSSR count). The van der Waals surface area contributed by atoms with Gasteiger partial charge >= 0.3 is 0 Å². The minimum atomic E-state index is 0.845. The average molecular weight is 262 g/mol. The van der Waals surface area contributed by atoms with Gasteiger partial charge in [0.05, 0.1) is 0 Å². The second kappa shape index (κ2) is 6.84. The topological polar surface area (TPSA) is 3.24 Å². The first kappa shape index (κ1) is 12.5. The first-order chi connectivity index (χ1) is 6.83. The Morgan fingerprint density at radius 1 is 1.36 bits per heavy atom. The van der Waals surface area contributed by atoms with E-state index in [9.17, 15) is 0 Å². The van der Waals surface area contributed by atoms with Crippen LogP contribution in [-0.2, 0) is 0 Å². The molecule has 0 N–H and O–H groups in total. The number of halogens is 1. The Hall–Kier alpha value is 0.440. The third-order valence-electron chi connectivity index (χ3n) is 3.51. The third-order valence-corrected chi connectivity index (χ3v) is 4.07. The zero-order chi connectivity index (χ0) is 10.4. The van der Waals surface area contributed by atoms with E-state index in [0.717, 1.165) is 12.1 Å². The van der Waals surface area contributed by atoms with E-state index < -0.39 is 0 Å². The van der Waals surface area contributed by atoms with Gasteiger partial charge in [0.1, 0.15) is 0 Å². The zero-order valence-corrected chi connectivity index (χ0v) is 11.2. The lowest BCUT2D eigenvalue weighted by Crippen LogP contribution is -2.38. The minimum Gasteiger partial charge on any atom is -0.297 e. The molecule has 84 valence electrons. The van der Waals surface area contributed by atoms with Crippen LogP contribution in [0.4, 0.5) is 0 Å². The van der Waals surface area contributed by atoms with E-state index in [4.69, 9.17) is 0 Å².